The van der Waals surface area contributed by atoms with Crippen LogP contribution in [0.4, 0.5) is 10.5 Å². The van der Waals surface area contributed by atoms with Crippen LogP contribution in [0.2, 0.25) is 0 Å². The number of aliphatic hydroxyl groups is 1. The van der Waals surface area contributed by atoms with Crippen molar-refractivity contribution in [1.82, 2.24) is 15.1 Å². The summed E-state index contributed by atoms with van der Waals surface area (Å²) >= 11 is 0. The minimum atomic E-state index is -0.904. The lowest BCUT2D eigenvalue weighted by molar-refractivity contribution is 0.00827. The standard InChI is InChI=1S/C14H26N4O2/c1-5-7-18-9-12(8-16-18)17-13(19)15-10-14(4,20)11(3)6-2/h8-9,11,20H,5-7,10H2,1-4H3,(H2,15,17,19). The summed E-state index contributed by atoms with van der Waals surface area (Å²) in [6.45, 7) is 8.83. The summed E-state index contributed by atoms with van der Waals surface area (Å²) in [5.74, 6) is 0.120. The molecule has 0 saturated carbocycles. The highest BCUT2D eigenvalue weighted by Crippen LogP contribution is 2.18. The van der Waals surface area contributed by atoms with Gasteiger partial charge in [-0.05, 0) is 19.3 Å². The van der Waals surface area contributed by atoms with Crippen LogP contribution in [0.3, 0.4) is 0 Å². The van der Waals surface area contributed by atoms with Crippen LogP contribution in [0.15, 0.2) is 12.4 Å². The molecule has 0 aromatic carbocycles. The summed E-state index contributed by atoms with van der Waals surface area (Å²) in [5, 5.41) is 19.7. The van der Waals surface area contributed by atoms with Crippen molar-refractivity contribution in [2.45, 2.75) is 52.7 Å². The molecule has 0 spiro atoms. The van der Waals surface area contributed by atoms with Crippen molar-refractivity contribution in [2.75, 3.05) is 11.9 Å². The number of nitrogens with zero attached hydrogens (tertiary/aromatic N) is 2. The van der Waals surface area contributed by atoms with E-state index in [2.05, 4.69) is 22.7 Å². The van der Waals surface area contributed by atoms with E-state index in [4.69, 9.17) is 0 Å². The van der Waals surface area contributed by atoms with Gasteiger partial charge in [0.25, 0.3) is 0 Å². The van der Waals surface area contributed by atoms with Gasteiger partial charge < -0.3 is 15.7 Å². The van der Waals surface area contributed by atoms with Crippen LogP contribution >= 0.6 is 0 Å². The van der Waals surface area contributed by atoms with Crippen molar-refractivity contribution in [3.05, 3.63) is 12.4 Å². The molecule has 0 bridgehead atoms. The van der Waals surface area contributed by atoms with Crippen LogP contribution in [-0.4, -0.2) is 33.1 Å². The predicted octanol–water partition coefficient (Wildman–Crippen LogP) is 2.21. The van der Waals surface area contributed by atoms with Gasteiger partial charge in [0.15, 0.2) is 0 Å². The molecule has 6 nitrogen and oxygen atoms in total. The zero-order chi connectivity index (χ0) is 15.2. The number of carbonyl (C=O) groups is 1. The Balaban J connectivity index is 2.43. The molecule has 114 valence electrons. The SMILES string of the molecule is CCCn1cc(NC(=O)NCC(C)(O)C(C)CC)cn1. The lowest BCUT2D eigenvalue weighted by Gasteiger charge is -2.29. The largest absolute Gasteiger partial charge is 0.388 e. The third-order valence-electron chi connectivity index (χ3n) is 3.62. The zero-order valence-corrected chi connectivity index (χ0v) is 12.8. The highest BCUT2D eigenvalue weighted by molar-refractivity contribution is 5.88. The Hall–Kier alpha value is -1.56. The van der Waals surface area contributed by atoms with E-state index in [1.54, 1.807) is 24.0 Å². The Bertz CT molecular complexity index is 429. The normalized spacial score (nSPS) is 15.4. The molecular formula is C14H26N4O2. The second-order valence-electron chi connectivity index (χ2n) is 5.47. The summed E-state index contributed by atoms with van der Waals surface area (Å²) in [6, 6.07) is -0.329. The predicted molar refractivity (Wildman–Crippen MR) is 79.6 cm³/mol. The molecule has 2 unspecified atom stereocenters. The van der Waals surface area contributed by atoms with Crippen molar-refractivity contribution in [1.29, 1.82) is 0 Å². The van der Waals surface area contributed by atoms with Gasteiger partial charge in [-0.1, -0.05) is 27.2 Å². The van der Waals surface area contributed by atoms with Crippen molar-refractivity contribution in [2.24, 2.45) is 5.92 Å². The molecule has 1 aromatic heterocycles. The Morgan fingerprint density at radius 1 is 1.55 bits per heavy atom. The number of aryl methyl sites for hydroxylation is 1. The van der Waals surface area contributed by atoms with Gasteiger partial charge in [0.05, 0.1) is 17.5 Å². The van der Waals surface area contributed by atoms with E-state index < -0.39 is 5.60 Å². The molecule has 20 heavy (non-hydrogen) atoms. The maximum absolute atomic E-state index is 11.8. The summed E-state index contributed by atoms with van der Waals surface area (Å²) in [7, 11) is 0. The average Bonchev–Trinajstić information content (AvgIpc) is 2.83. The Morgan fingerprint density at radius 2 is 2.25 bits per heavy atom. The monoisotopic (exact) mass is 282 g/mol. The topological polar surface area (TPSA) is 79.2 Å². The molecule has 6 heteroatoms. The third kappa shape index (κ3) is 4.85. The first-order chi connectivity index (χ1) is 9.39. The Morgan fingerprint density at radius 3 is 2.85 bits per heavy atom. The van der Waals surface area contributed by atoms with Crippen LogP contribution in [0.25, 0.3) is 0 Å². The fraction of sp³-hybridized carbons (Fsp3) is 0.714. The summed E-state index contributed by atoms with van der Waals surface area (Å²) < 4.78 is 1.78. The third-order valence-corrected chi connectivity index (χ3v) is 3.62. The quantitative estimate of drug-likeness (QED) is 0.717. The van der Waals surface area contributed by atoms with Crippen molar-refractivity contribution in [3.63, 3.8) is 0 Å². The van der Waals surface area contributed by atoms with Crippen LogP contribution in [0, 0.1) is 5.92 Å². The van der Waals surface area contributed by atoms with Crippen LogP contribution in [0.1, 0.15) is 40.5 Å². The van der Waals surface area contributed by atoms with Crippen molar-refractivity contribution >= 4 is 11.7 Å². The smallest absolute Gasteiger partial charge is 0.319 e. The van der Waals surface area contributed by atoms with E-state index >= 15 is 0 Å². The number of nitrogens with one attached hydrogen (secondary N) is 2. The summed E-state index contributed by atoms with van der Waals surface area (Å²) in [6.07, 6.45) is 5.25. The first-order valence-electron chi connectivity index (χ1n) is 7.18. The molecule has 0 aliphatic heterocycles. The molecule has 0 radical (unpaired) electrons. The van der Waals surface area contributed by atoms with E-state index in [1.807, 2.05) is 13.8 Å². The lowest BCUT2D eigenvalue weighted by Crippen LogP contribution is -2.46. The number of urea groups is 1. The molecule has 1 heterocycles. The molecule has 3 N–H and O–H groups in total. The second-order valence-corrected chi connectivity index (χ2v) is 5.47. The fourth-order valence-corrected chi connectivity index (χ4v) is 1.83. The van der Waals surface area contributed by atoms with Gasteiger partial charge >= 0.3 is 6.03 Å². The maximum Gasteiger partial charge on any atom is 0.319 e. The molecule has 2 amide bonds. The molecule has 2 atom stereocenters. The van der Waals surface area contributed by atoms with Crippen molar-refractivity contribution < 1.29 is 9.90 Å². The van der Waals surface area contributed by atoms with E-state index in [1.165, 1.54) is 0 Å². The number of carbonyl (C=O) groups excluding carboxylic acids is 1. The number of amides is 2. The zero-order valence-electron chi connectivity index (χ0n) is 12.8. The van der Waals surface area contributed by atoms with Gasteiger partial charge in [0.2, 0.25) is 0 Å². The lowest BCUT2D eigenvalue weighted by atomic mass is 9.89. The van der Waals surface area contributed by atoms with Crippen LogP contribution < -0.4 is 10.6 Å². The first kappa shape index (κ1) is 16.5. The highest BCUT2D eigenvalue weighted by Gasteiger charge is 2.27. The molecule has 0 aliphatic carbocycles. The number of anilines is 1. The van der Waals surface area contributed by atoms with Gasteiger partial charge in [-0.3, -0.25) is 4.68 Å². The van der Waals surface area contributed by atoms with Crippen LogP contribution in [-0.2, 0) is 6.54 Å². The highest BCUT2D eigenvalue weighted by atomic mass is 16.3. The molecule has 0 aliphatic rings. The van der Waals surface area contributed by atoms with Crippen LogP contribution in [0.5, 0.6) is 0 Å². The van der Waals surface area contributed by atoms with Gasteiger partial charge in [-0.2, -0.15) is 5.10 Å². The minimum absolute atomic E-state index is 0.120. The van der Waals surface area contributed by atoms with E-state index in [9.17, 15) is 9.90 Å². The maximum atomic E-state index is 11.8. The van der Waals surface area contributed by atoms with E-state index in [-0.39, 0.29) is 18.5 Å². The number of hydrogen-bond donors (Lipinski definition) is 3. The number of hydrogen-bond acceptors (Lipinski definition) is 3. The summed E-state index contributed by atoms with van der Waals surface area (Å²) in [5.41, 5.74) is -0.252. The van der Waals surface area contributed by atoms with Gasteiger partial charge in [-0.15, -0.1) is 0 Å². The molecule has 1 rings (SSSR count). The van der Waals surface area contributed by atoms with Gasteiger partial charge in [0, 0.05) is 19.3 Å². The fourth-order valence-electron chi connectivity index (χ4n) is 1.83. The molecular weight excluding hydrogens is 256 g/mol. The minimum Gasteiger partial charge on any atom is -0.388 e. The van der Waals surface area contributed by atoms with Crippen molar-refractivity contribution in [3.8, 4) is 0 Å². The average molecular weight is 282 g/mol. The first-order valence-corrected chi connectivity index (χ1v) is 7.18. The molecule has 1 aromatic rings. The summed E-state index contributed by atoms with van der Waals surface area (Å²) in [4.78, 5) is 11.8. The van der Waals surface area contributed by atoms with Gasteiger partial charge in [-0.25, -0.2) is 4.79 Å². The Labute approximate surface area is 120 Å². The Kier molecular flexibility index (Phi) is 6.01. The number of aromatic nitrogens is 2. The number of rotatable bonds is 7. The van der Waals surface area contributed by atoms with Gasteiger partial charge in [0.1, 0.15) is 0 Å². The molecule has 0 fully saturated rings. The second kappa shape index (κ2) is 7.28. The molecule has 0 saturated heterocycles. The van der Waals surface area contributed by atoms with E-state index in [0.717, 1.165) is 19.4 Å². The van der Waals surface area contributed by atoms with E-state index in [0.29, 0.717) is 5.69 Å².